The van der Waals surface area contributed by atoms with Crippen molar-refractivity contribution in [3.63, 3.8) is 0 Å². The van der Waals surface area contributed by atoms with Crippen LogP contribution in [-0.2, 0) is 6.42 Å². The molecule has 1 aromatic heterocycles. The Hall–Kier alpha value is -0.940. The SMILES string of the molecule is CCCc1ncc(C(=O)NCC(O)C(C)(C)C)s1. The maximum absolute atomic E-state index is 11.8. The van der Waals surface area contributed by atoms with E-state index in [2.05, 4.69) is 17.2 Å². The summed E-state index contributed by atoms with van der Waals surface area (Å²) < 4.78 is 0. The average molecular weight is 270 g/mol. The van der Waals surface area contributed by atoms with Crippen molar-refractivity contribution in [2.24, 2.45) is 5.41 Å². The molecule has 1 aromatic rings. The Bertz CT molecular complexity index is 396. The lowest BCUT2D eigenvalue weighted by atomic mass is 9.89. The van der Waals surface area contributed by atoms with Gasteiger partial charge in [-0.3, -0.25) is 4.79 Å². The topological polar surface area (TPSA) is 62.2 Å². The molecule has 0 spiro atoms. The number of hydrogen-bond acceptors (Lipinski definition) is 4. The molecule has 0 aliphatic rings. The van der Waals surface area contributed by atoms with E-state index in [-0.39, 0.29) is 17.9 Å². The van der Waals surface area contributed by atoms with Crippen molar-refractivity contribution in [3.8, 4) is 0 Å². The Morgan fingerprint density at radius 2 is 2.22 bits per heavy atom. The quantitative estimate of drug-likeness (QED) is 0.862. The second-order valence-electron chi connectivity index (χ2n) is 5.46. The van der Waals surface area contributed by atoms with Crippen LogP contribution < -0.4 is 5.32 Å². The number of amides is 1. The third-order valence-electron chi connectivity index (χ3n) is 2.70. The van der Waals surface area contributed by atoms with Gasteiger partial charge in [-0.2, -0.15) is 0 Å². The number of carbonyl (C=O) groups excluding carboxylic acids is 1. The van der Waals surface area contributed by atoms with E-state index in [1.54, 1.807) is 6.20 Å². The van der Waals surface area contributed by atoms with E-state index in [9.17, 15) is 9.90 Å². The van der Waals surface area contributed by atoms with Gasteiger partial charge < -0.3 is 10.4 Å². The number of nitrogens with zero attached hydrogens (tertiary/aromatic N) is 1. The zero-order chi connectivity index (χ0) is 13.8. The fraction of sp³-hybridized carbons (Fsp3) is 0.692. The molecule has 0 saturated heterocycles. The van der Waals surface area contributed by atoms with Gasteiger partial charge in [0, 0.05) is 6.54 Å². The summed E-state index contributed by atoms with van der Waals surface area (Å²) in [6.45, 7) is 8.17. The Morgan fingerprint density at radius 1 is 1.56 bits per heavy atom. The highest BCUT2D eigenvalue weighted by molar-refractivity contribution is 7.13. The zero-order valence-corrected chi connectivity index (χ0v) is 12.3. The number of nitrogens with one attached hydrogen (secondary N) is 1. The van der Waals surface area contributed by atoms with Crippen LogP contribution in [0.1, 0.15) is 48.8 Å². The van der Waals surface area contributed by atoms with Crippen LogP contribution in [-0.4, -0.2) is 28.6 Å². The number of thiazole rings is 1. The highest BCUT2D eigenvalue weighted by Crippen LogP contribution is 2.19. The summed E-state index contributed by atoms with van der Waals surface area (Å²) in [5.41, 5.74) is -0.228. The van der Waals surface area contributed by atoms with Gasteiger partial charge in [-0.05, 0) is 18.3 Å². The molecule has 0 aliphatic carbocycles. The van der Waals surface area contributed by atoms with E-state index in [1.165, 1.54) is 11.3 Å². The van der Waals surface area contributed by atoms with Gasteiger partial charge in [0.05, 0.1) is 17.3 Å². The molecular weight excluding hydrogens is 248 g/mol. The first kappa shape index (κ1) is 15.1. The summed E-state index contributed by atoms with van der Waals surface area (Å²) in [4.78, 5) is 16.7. The number of rotatable bonds is 5. The van der Waals surface area contributed by atoms with Gasteiger partial charge >= 0.3 is 0 Å². The Morgan fingerprint density at radius 3 is 2.78 bits per heavy atom. The molecule has 2 N–H and O–H groups in total. The molecule has 0 aromatic carbocycles. The molecular formula is C13H22N2O2S. The molecule has 0 fully saturated rings. The minimum absolute atomic E-state index is 0.154. The minimum Gasteiger partial charge on any atom is -0.391 e. The third kappa shape index (κ3) is 4.38. The van der Waals surface area contributed by atoms with Gasteiger partial charge in [-0.15, -0.1) is 11.3 Å². The number of aliphatic hydroxyl groups excluding tert-OH is 1. The van der Waals surface area contributed by atoms with E-state index in [0.717, 1.165) is 17.8 Å². The molecule has 0 bridgehead atoms. The lowest BCUT2D eigenvalue weighted by Gasteiger charge is -2.25. The summed E-state index contributed by atoms with van der Waals surface area (Å²) in [6.07, 6.45) is 2.98. The minimum atomic E-state index is -0.551. The molecule has 0 radical (unpaired) electrons. The molecule has 1 rings (SSSR count). The highest BCUT2D eigenvalue weighted by Gasteiger charge is 2.22. The van der Waals surface area contributed by atoms with Gasteiger partial charge in [-0.25, -0.2) is 4.98 Å². The lowest BCUT2D eigenvalue weighted by molar-refractivity contribution is 0.0588. The number of aryl methyl sites for hydroxylation is 1. The summed E-state index contributed by atoms with van der Waals surface area (Å²) in [5.74, 6) is -0.154. The molecule has 5 heteroatoms. The predicted molar refractivity (Wildman–Crippen MR) is 73.9 cm³/mol. The first-order valence-electron chi connectivity index (χ1n) is 6.25. The van der Waals surface area contributed by atoms with Gasteiger partial charge in [0.25, 0.3) is 5.91 Å². The van der Waals surface area contributed by atoms with Crippen molar-refractivity contribution in [1.29, 1.82) is 0 Å². The van der Waals surface area contributed by atoms with Gasteiger partial charge in [-0.1, -0.05) is 27.7 Å². The van der Waals surface area contributed by atoms with Crippen LogP contribution in [0.4, 0.5) is 0 Å². The van der Waals surface area contributed by atoms with Crippen LogP contribution in [0.25, 0.3) is 0 Å². The van der Waals surface area contributed by atoms with Gasteiger partial charge in [0.1, 0.15) is 4.88 Å². The summed E-state index contributed by atoms with van der Waals surface area (Å²) in [6, 6.07) is 0. The van der Waals surface area contributed by atoms with Crippen LogP contribution in [0.5, 0.6) is 0 Å². The largest absolute Gasteiger partial charge is 0.391 e. The monoisotopic (exact) mass is 270 g/mol. The van der Waals surface area contributed by atoms with E-state index in [0.29, 0.717) is 4.88 Å². The highest BCUT2D eigenvalue weighted by atomic mass is 32.1. The van der Waals surface area contributed by atoms with Crippen LogP contribution in [0, 0.1) is 5.41 Å². The van der Waals surface area contributed by atoms with E-state index < -0.39 is 6.10 Å². The van der Waals surface area contributed by atoms with Crippen LogP contribution in [0.3, 0.4) is 0 Å². The molecule has 1 unspecified atom stereocenters. The standard InChI is InChI=1S/C13H22N2O2S/c1-5-6-11-14-7-9(18-11)12(17)15-8-10(16)13(2,3)4/h7,10,16H,5-6,8H2,1-4H3,(H,15,17). The summed E-state index contributed by atoms with van der Waals surface area (Å²) in [7, 11) is 0. The summed E-state index contributed by atoms with van der Waals surface area (Å²) in [5, 5.41) is 13.6. The average Bonchev–Trinajstić information content (AvgIpc) is 2.73. The fourth-order valence-electron chi connectivity index (χ4n) is 1.33. The molecule has 1 atom stereocenters. The molecule has 1 amide bonds. The Balaban J connectivity index is 2.50. The molecule has 18 heavy (non-hydrogen) atoms. The van der Waals surface area contributed by atoms with Crippen molar-refractivity contribution >= 4 is 17.2 Å². The molecule has 102 valence electrons. The van der Waals surface area contributed by atoms with Gasteiger partial charge in [0.2, 0.25) is 0 Å². The molecule has 0 saturated carbocycles. The van der Waals surface area contributed by atoms with Crippen molar-refractivity contribution in [3.05, 3.63) is 16.1 Å². The van der Waals surface area contributed by atoms with Crippen LogP contribution in [0.2, 0.25) is 0 Å². The van der Waals surface area contributed by atoms with Crippen LogP contribution in [0.15, 0.2) is 6.20 Å². The normalized spacial score (nSPS) is 13.4. The molecule has 4 nitrogen and oxygen atoms in total. The lowest BCUT2D eigenvalue weighted by Crippen LogP contribution is -2.39. The van der Waals surface area contributed by atoms with E-state index in [1.807, 2.05) is 20.8 Å². The molecule has 1 heterocycles. The number of aromatic nitrogens is 1. The fourth-order valence-corrected chi connectivity index (χ4v) is 2.26. The third-order valence-corrected chi connectivity index (χ3v) is 3.75. The number of hydrogen-bond donors (Lipinski definition) is 2. The van der Waals surface area contributed by atoms with Crippen molar-refractivity contribution in [1.82, 2.24) is 10.3 Å². The van der Waals surface area contributed by atoms with Crippen molar-refractivity contribution in [2.75, 3.05) is 6.54 Å². The van der Waals surface area contributed by atoms with Crippen molar-refractivity contribution in [2.45, 2.75) is 46.6 Å². The Kier molecular flexibility index (Phi) is 5.28. The second kappa shape index (κ2) is 6.29. The molecule has 0 aliphatic heterocycles. The number of aliphatic hydroxyl groups is 1. The van der Waals surface area contributed by atoms with E-state index in [4.69, 9.17) is 0 Å². The van der Waals surface area contributed by atoms with Crippen molar-refractivity contribution < 1.29 is 9.90 Å². The number of carbonyl (C=O) groups is 1. The summed E-state index contributed by atoms with van der Waals surface area (Å²) >= 11 is 1.42. The second-order valence-corrected chi connectivity index (χ2v) is 6.58. The first-order chi connectivity index (χ1) is 8.34. The maximum Gasteiger partial charge on any atom is 0.263 e. The maximum atomic E-state index is 11.8. The Labute approximate surface area is 112 Å². The predicted octanol–water partition coefficient (Wildman–Crippen LogP) is 2.23. The van der Waals surface area contributed by atoms with E-state index >= 15 is 0 Å². The van der Waals surface area contributed by atoms with Gasteiger partial charge in [0.15, 0.2) is 0 Å². The smallest absolute Gasteiger partial charge is 0.263 e. The zero-order valence-electron chi connectivity index (χ0n) is 11.5. The first-order valence-corrected chi connectivity index (χ1v) is 7.07. The van der Waals surface area contributed by atoms with Crippen LogP contribution >= 0.6 is 11.3 Å².